The molecule has 2 fully saturated rings. The molecule has 0 unspecified atom stereocenters. The van der Waals surface area contributed by atoms with Crippen molar-refractivity contribution in [1.82, 2.24) is 9.62 Å². The summed E-state index contributed by atoms with van der Waals surface area (Å²) < 4.78 is 38.6. The zero-order chi connectivity index (χ0) is 23.3. The lowest BCUT2D eigenvalue weighted by atomic mass is 10.2. The van der Waals surface area contributed by atoms with Gasteiger partial charge in [-0.2, -0.15) is 0 Å². The van der Waals surface area contributed by atoms with Crippen molar-refractivity contribution in [3.8, 4) is 11.5 Å². The Kier molecular flexibility index (Phi) is 7.39. The van der Waals surface area contributed by atoms with Crippen molar-refractivity contribution in [2.45, 2.75) is 36.6 Å². The molecule has 2 aromatic rings. The highest BCUT2D eigenvalue weighted by molar-refractivity contribution is 7.89. The first kappa shape index (κ1) is 23.4. The third-order valence-corrected chi connectivity index (χ3v) is 7.78. The number of nitrogens with zero attached hydrogens (tertiary/aromatic N) is 2. The van der Waals surface area contributed by atoms with Crippen molar-refractivity contribution in [3.63, 3.8) is 0 Å². The molecule has 1 heterocycles. The first-order valence-electron chi connectivity index (χ1n) is 11.4. The number of hydrogen-bond acceptors (Lipinski definition) is 6. The molecule has 1 amide bonds. The van der Waals surface area contributed by atoms with Gasteiger partial charge in [-0.15, -0.1) is 0 Å². The van der Waals surface area contributed by atoms with Crippen molar-refractivity contribution in [2.24, 2.45) is 0 Å². The van der Waals surface area contributed by atoms with Crippen molar-refractivity contribution < 1.29 is 22.7 Å². The molecule has 0 aromatic heterocycles. The molecule has 2 aromatic carbocycles. The molecule has 0 spiro atoms. The lowest BCUT2D eigenvalue weighted by molar-refractivity contribution is -0.133. The van der Waals surface area contributed by atoms with Crippen molar-refractivity contribution in [1.29, 1.82) is 0 Å². The van der Waals surface area contributed by atoms with E-state index in [1.54, 1.807) is 24.1 Å². The lowest BCUT2D eigenvalue weighted by Crippen LogP contribution is -2.50. The molecule has 1 saturated heterocycles. The molecule has 0 radical (unpaired) electrons. The average molecular weight is 474 g/mol. The normalized spacial score (nSPS) is 17.2. The summed E-state index contributed by atoms with van der Waals surface area (Å²) in [4.78, 5) is 16.8. The van der Waals surface area contributed by atoms with Gasteiger partial charge in [0.1, 0.15) is 11.5 Å². The van der Waals surface area contributed by atoms with Crippen LogP contribution in [0.4, 0.5) is 5.69 Å². The number of hydrogen-bond donors (Lipinski definition) is 1. The van der Waals surface area contributed by atoms with Gasteiger partial charge in [0, 0.05) is 37.9 Å². The van der Waals surface area contributed by atoms with E-state index in [0.717, 1.165) is 50.2 Å². The second kappa shape index (κ2) is 10.4. The van der Waals surface area contributed by atoms with E-state index < -0.39 is 10.0 Å². The fourth-order valence-corrected chi connectivity index (χ4v) is 5.59. The van der Waals surface area contributed by atoms with Crippen LogP contribution in [0.3, 0.4) is 0 Å². The molecular weight excluding hydrogens is 442 g/mol. The first-order chi connectivity index (χ1) is 15.9. The number of anilines is 1. The number of carbonyl (C=O) groups excluding carboxylic acids is 1. The van der Waals surface area contributed by atoms with E-state index in [0.29, 0.717) is 18.8 Å². The molecule has 1 saturated carbocycles. The summed E-state index contributed by atoms with van der Waals surface area (Å²) in [5.74, 6) is 1.21. The van der Waals surface area contributed by atoms with Crippen LogP contribution in [0.2, 0.25) is 0 Å². The Hall–Kier alpha value is -2.78. The number of sulfonamides is 1. The van der Waals surface area contributed by atoms with E-state index in [2.05, 4.69) is 9.62 Å². The molecule has 9 heteroatoms. The van der Waals surface area contributed by atoms with E-state index in [-0.39, 0.29) is 23.5 Å². The number of ether oxygens (including phenoxy) is 2. The maximum Gasteiger partial charge on any atom is 0.260 e. The Morgan fingerprint density at radius 3 is 2.15 bits per heavy atom. The molecule has 178 valence electrons. The molecule has 0 bridgehead atoms. The van der Waals surface area contributed by atoms with E-state index in [4.69, 9.17) is 9.47 Å². The minimum absolute atomic E-state index is 0.0220. The van der Waals surface area contributed by atoms with Crippen LogP contribution in [0.5, 0.6) is 11.5 Å². The minimum atomic E-state index is -3.53. The number of carbonyl (C=O) groups is 1. The third-order valence-electron chi connectivity index (χ3n) is 6.24. The van der Waals surface area contributed by atoms with Gasteiger partial charge in [-0.05, 0) is 61.4 Å². The fourth-order valence-electron chi connectivity index (χ4n) is 4.29. The van der Waals surface area contributed by atoms with Gasteiger partial charge in [-0.1, -0.05) is 12.8 Å². The molecule has 1 aliphatic heterocycles. The Balaban J connectivity index is 1.24. The highest BCUT2D eigenvalue weighted by Crippen LogP contribution is 2.22. The lowest BCUT2D eigenvalue weighted by Gasteiger charge is -2.36. The summed E-state index contributed by atoms with van der Waals surface area (Å²) in [6, 6.07) is 14.2. The maximum absolute atomic E-state index is 12.6. The molecule has 33 heavy (non-hydrogen) atoms. The predicted octanol–water partition coefficient (Wildman–Crippen LogP) is 2.64. The zero-order valence-electron chi connectivity index (χ0n) is 18.9. The Bertz CT molecular complexity index is 1030. The zero-order valence-corrected chi connectivity index (χ0v) is 19.7. The third kappa shape index (κ3) is 5.97. The Morgan fingerprint density at radius 2 is 1.55 bits per heavy atom. The van der Waals surface area contributed by atoms with Gasteiger partial charge in [0.15, 0.2) is 6.61 Å². The number of nitrogens with one attached hydrogen (secondary N) is 1. The molecule has 1 N–H and O–H groups in total. The SMILES string of the molecule is COc1ccc(N2CCN(C(=O)COc3ccc(S(=O)(=O)NC4CCCC4)cc3)CC2)cc1. The second-order valence-corrected chi connectivity index (χ2v) is 10.1. The Labute approximate surface area is 195 Å². The largest absolute Gasteiger partial charge is 0.497 e. The van der Waals surface area contributed by atoms with E-state index in [1.165, 1.54) is 12.1 Å². The highest BCUT2D eigenvalue weighted by Gasteiger charge is 2.24. The van der Waals surface area contributed by atoms with Crippen LogP contribution in [0, 0.1) is 0 Å². The van der Waals surface area contributed by atoms with Crippen LogP contribution in [0.25, 0.3) is 0 Å². The number of rotatable bonds is 8. The van der Waals surface area contributed by atoms with Crippen LogP contribution in [0.1, 0.15) is 25.7 Å². The minimum Gasteiger partial charge on any atom is -0.497 e. The fraction of sp³-hybridized carbons (Fsp3) is 0.458. The summed E-state index contributed by atoms with van der Waals surface area (Å²) >= 11 is 0. The number of piperazine rings is 1. The van der Waals surface area contributed by atoms with Gasteiger partial charge in [0.2, 0.25) is 10.0 Å². The summed E-state index contributed by atoms with van der Waals surface area (Å²) in [6.45, 7) is 2.67. The quantitative estimate of drug-likeness (QED) is 0.634. The van der Waals surface area contributed by atoms with Crippen molar-refractivity contribution in [3.05, 3.63) is 48.5 Å². The smallest absolute Gasteiger partial charge is 0.260 e. The standard InChI is InChI=1S/C24H31N3O5S/c1-31-21-8-6-20(7-9-21)26-14-16-27(17-15-26)24(28)18-32-22-10-12-23(13-11-22)33(29,30)25-19-4-2-3-5-19/h6-13,19,25H,2-5,14-18H2,1H3. The molecule has 0 atom stereocenters. The van der Waals surface area contributed by atoms with E-state index in [1.807, 2.05) is 24.3 Å². The van der Waals surface area contributed by atoms with E-state index in [9.17, 15) is 13.2 Å². The van der Waals surface area contributed by atoms with E-state index >= 15 is 0 Å². The van der Waals surface area contributed by atoms with Crippen molar-refractivity contribution >= 4 is 21.6 Å². The molecule has 4 rings (SSSR count). The monoisotopic (exact) mass is 473 g/mol. The average Bonchev–Trinajstić information content (AvgIpc) is 3.35. The van der Waals surface area contributed by atoms with Gasteiger partial charge in [-0.3, -0.25) is 4.79 Å². The molecule has 1 aliphatic carbocycles. The van der Waals surface area contributed by atoms with Gasteiger partial charge in [0.05, 0.1) is 12.0 Å². The van der Waals surface area contributed by atoms with Gasteiger partial charge in [-0.25, -0.2) is 13.1 Å². The predicted molar refractivity (Wildman–Crippen MR) is 126 cm³/mol. The Morgan fingerprint density at radius 1 is 0.939 bits per heavy atom. The number of amides is 1. The van der Waals surface area contributed by atoms with Crippen molar-refractivity contribution in [2.75, 3.05) is 44.8 Å². The topological polar surface area (TPSA) is 88.2 Å². The number of benzene rings is 2. The van der Waals surface area contributed by atoms with Crippen LogP contribution in [-0.2, 0) is 14.8 Å². The first-order valence-corrected chi connectivity index (χ1v) is 12.8. The van der Waals surface area contributed by atoms with Gasteiger partial charge in [0.25, 0.3) is 5.91 Å². The highest BCUT2D eigenvalue weighted by atomic mass is 32.2. The van der Waals surface area contributed by atoms with Gasteiger partial charge >= 0.3 is 0 Å². The molecule has 2 aliphatic rings. The van der Waals surface area contributed by atoms with Gasteiger partial charge < -0.3 is 19.3 Å². The summed E-state index contributed by atoms with van der Waals surface area (Å²) in [5, 5.41) is 0. The molecular formula is C24H31N3O5S. The second-order valence-electron chi connectivity index (χ2n) is 8.43. The van der Waals surface area contributed by atoms with Crippen LogP contribution in [-0.4, -0.2) is 65.2 Å². The summed E-state index contributed by atoms with van der Waals surface area (Å²) in [7, 11) is -1.89. The summed E-state index contributed by atoms with van der Waals surface area (Å²) in [6.07, 6.45) is 3.89. The molecule has 8 nitrogen and oxygen atoms in total. The van der Waals surface area contributed by atoms with Crippen LogP contribution < -0.4 is 19.1 Å². The van der Waals surface area contributed by atoms with Crippen LogP contribution in [0.15, 0.2) is 53.4 Å². The maximum atomic E-state index is 12.6. The summed E-state index contributed by atoms with van der Waals surface area (Å²) in [5.41, 5.74) is 1.11. The van der Waals surface area contributed by atoms with Crippen LogP contribution >= 0.6 is 0 Å². The number of methoxy groups -OCH3 is 1.